The fourth-order valence-corrected chi connectivity index (χ4v) is 6.63. The molecule has 6 rings (SSSR count). The van der Waals surface area contributed by atoms with E-state index >= 15 is 0 Å². The molecule has 0 saturated heterocycles. The standard InChI is InChI=1S/C29H29N5O4S/c1-18-11-19-5-7-25(33-28(19)34(2)16-18)24-8-6-21-14-30-23(13-26(21)32-24)15-31-29(35)20-3-4-22-17-38-9-10-39(36,37)27(22)12-20/h3-8,12-14,18H,9-11,15-17H2,1-2H3,(H,31,35)/t18-/m0/s1. The fourth-order valence-electron chi connectivity index (χ4n) is 5.24. The minimum Gasteiger partial charge on any atom is -0.376 e. The molecule has 0 bridgehead atoms. The Labute approximate surface area is 227 Å². The maximum atomic E-state index is 12.9. The van der Waals surface area contributed by atoms with Gasteiger partial charge in [0.1, 0.15) is 5.82 Å². The van der Waals surface area contributed by atoms with E-state index in [1.54, 1.807) is 18.3 Å². The molecule has 0 fully saturated rings. The van der Waals surface area contributed by atoms with E-state index in [4.69, 9.17) is 14.7 Å². The van der Waals surface area contributed by atoms with E-state index in [1.807, 2.05) is 24.3 Å². The van der Waals surface area contributed by atoms with E-state index in [0.717, 1.165) is 41.1 Å². The molecule has 1 N–H and O–H groups in total. The van der Waals surface area contributed by atoms with Crippen molar-refractivity contribution in [2.24, 2.45) is 5.92 Å². The maximum Gasteiger partial charge on any atom is 0.251 e. The second kappa shape index (κ2) is 10.0. The number of nitrogens with one attached hydrogen (secondary N) is 1. The van der Waals surface area contributed by atoms with Gasteiger partial charge in [0, 0.05) is 30.7 Å². The van der Waals surface area contributed by atoms with Crippen molar-refractivity contribution in [3.63, 3.8) is 0 Å². The summed E-state index contributed by atoms with van der Waals surface area (Å²) in [6.45, 7) is 3.75. The van der Waals surface area contributed by atoms with Crippen molar-refractivity contribution >= 4 is 32.5 Å². The number of ether oxygens (including phenoxy) is 1. The first-order chi connectivity index (χ1) is 18.8. The number of rotatable bonds is 4. The van der Waals surface area contributed by atoms with Crippen molar-refractivity contribution in [3.8, 4) is 11.4 Å². The topological polar surface area (TPSA) is 114 Å². The third-order valence-corrected chi connectivity index (χ3v) is 8.97. The van der Waals surface area contributed by atoms with Crippen LogP contribution < -0.4 is 10.2 Å². The summed E-state index contributed by atoms with van der Waals surface area (Å²) in [5.74, 6) is 1.12. The van der Waals surface area contributed by atoms with Crippen LogP contribution in [0.1, 0.15) is 34.1 Å². The van der Waals surface area contributed by atoms with Crippen LogP contribution in [0.4, 0.5) is 5.82 Å². The highest BCUT2D eigenvalue weighted by atomic mass is 32.2. The lowest BCUT2D eigenvalue weighted by molar-refractivity contribution is 0.0950. The van der Waals surface area contributed by atoms with Gasteiger partial charge in [0.25, 0.3) is 5.91 Å². The van der Waals surface area contributed by atoms with E-state index in [0.29, 0.717) is 17.2 Å². The molecule has 2 aliphatic rings. The van der Waals surface area contributed by atoms with E-state index in [2.05, 4.69) is 35.2 Å². The van der Waals surface area contributed by atoms with Gasteiger partial charge in [-0.25, -0.2) is 18.4 Å². The summed E-state index contributed by atoms with van der Waals surface area (Å²) in [7, 11) is -1.42. The van der Waals surface area contributed by atoms with Crippen molar-refractivity contribution in [3.05, 3.63) is 77.1 Å². The number of hydrogen-bond donors (Lipinski definition) is 1. The van der Waals surface area contributed by atoms with Crippen LogP contribution in [0.3, 0.4) is 0 Å². The van der Waals surface area contributed by atoms with E-state index < -0.39 is 9.84 Å². The zero-order chi connectivity index (χ0) is 27.1. The number of amides is 1. The molecule has 1 amide bonds. The first-order valence-corrected chi connectivity index (χ1v) is 14.6. The molecular weight excluding hydrogens is 514 g/mol. The molecule has 0 unspecified atom stereocenters. The van der Waals surface area contributed by atoms with E-state index in [-0.39, 0.29) is 41.9 Å². The average Bonchev–Trinajstić information content (AvgIpc) is 3.08. The summed E-state index contributed by atoms with van der Waals surface area (Å²) in [4.78, 5) is 29.4. The van der Waals surface area contributed by atoms with Gasteiger partial charge in [-0.1, -0.05) is 19.1 Å². The predicted molar refractivity (Wildman–Crippen MR) is 148 cm³/mol. The summed E-state index contributed by atoms with van der Waals surface area (Å²) >= 11 is 0. The van der Waals surface area contributed by atoms with Crippen molar-refractivity contribution in [1.82, 2.24) is 20.3 Å². The SMILES string of the molecule is C[C@H]1Cc2ccc(-c3ccc4cnc(CNC(=O)c5ccc6c(c5)S(=O)(=O)CCOC6)cc4n3)nc2N(C)C1. The van der Waals surface area contributed by atoms with Crippen LogP contribution in [0.2, 0.25) is 0 Å². The van der Waals surface area contributed by atoms with Crippen LogP contribution in [-0.2, 0) is 34.1 Å². The molecule has 5 heterocycles. The molecule has 1 atom stereocenters. The van der Waals surface area contributed by atoms with Crippen LogP contribution in [-0.4, -0.2) is 55.2 Å². The number of carbonyl (C=O) groups is 1. The zero-order valence-corrected chi connectivity index (χ0v) is 22.7. The van der Waals surface area contributed by atoms with Gasteiger partial charge >= 0.3 is 0 Å². The Morgan fingerprint density at radius 2 is 1.87 bits per heavy atom. The van der Waals surface area contributed by atoms with Gasteiger partial charge in [0.05, 0.1) is 53.0 Å². The number of aromatic nitrogens is 3. The number of benzene rings is 1. The lowest BCUT2D eigenvalue weighted by atomic mass is 9.96. The highest BCUT2D eigenvalue weighted by Crippen LogP contribution is 2.30. The molecule has 1 aromatic carbocycles. The predicted octanol–water partition coefficient (Wildman–Crippen LogP) is 3.55. The molecule has 10 heteroatoms. The number of anilines is 1. The number of hydrogen-bond acceptors (Lipinski definition) is 8. The number of carbonyl (C=O) groups excluding carboxylic acids is 1. The summed E-state index contributed by atoms with van der Waals surface area (Å²) < 4.78 is 30.5. The zero-order valence-electron chi connectivity index (χ0n) is 21.8. The second-order valence-corrected chi connectivity index (χ2v) is 12.4. The van der Waals surface area contributed by atoms with Gasteiger partial charge in [0.15, 0.2) is 9.84 Å². The lowest BCUT2D eigenvalue weighted by Crippen LogP contribution is -2.31. The number of nitrogens with zero attached hydrogens (tertiary/aromatic N) is 4. The van der Waals surface area contributed by atoms with Gasteiger partial charge < -0.3 is 15.0 Å². The average molecular weight is 544 g/mol. The highest BCUT2D eigenvalue weighted by molar-refractivity contribution is 7.91. The maximum absolute atomic E-state index is 12.9. The number of sulfone groups is 1. The smallest absolute Gasteiger partial charge is 0.251 e. The Hall–Kier alpha value is -3.89. The molecule has 200 valence electrons. The molecule has 3 aromatic heterocycles. The minimum absolute atomic E-state index is 0.0993. The van der Waals surface area contributed by atoms with E-state index in [9.17, 15) is 13.2 Å². The number of pyridine rings is 3. The molecular formula is C29H29N5O4S. The van der Waals surface area contributed by atoms with Gasteiger partial charge in [-0.3, -0.25) is 9.78 Å². The molecule has 39 heavy (non-hydrogen) atoms. The molecule has 0 spiro atoms. The van der Waals surface area contributed by atoms with Crippen molar-refractivity contribution in [2.75, 3.05) is 30.9 Å². The first-order valence-electron chi connectivity index (χ1n) is 13.0. The third-order valence-electron chi connectivity index (χ3n) is 7.21. The molecule has 9 nitrogen and oxygen atoms in total. The van der Waals surface area contributed by atoms with Crippen molar-refractivity contribution < 1.29 is 17.9 Å². The third kappa shape index (κ3) is 5.09. The monoisotopic (exact) mass is 543 g/mol. The van der Waals surface area contributed by atoms with Crippen LogP contribution in [0.5, 0.6) is 0 Å². The second-order valence-electron chi connectivity index (χ2n) is 10.3. The largest absolute Gasteiger partial charge is 0.376 e. The van der Waals surface area contributed by atoms with Gasteiger partial charge in [-0.2, -0.15) is 0 Å². The molecule has 2 aliphatic heterocycles. The summed E-state index contributed by atoms with van der Waals surface area (Å²) in [6.07, 6.45) is 2.76. The first kappa shape index (κ1) is 25.4. The van der Waals surface area contributed by atoms with E-state index in [1.165, 1.54) is 11.6 Å². The van der Waals surface area contributed by atoms with Crippen LogP contribution in [0.15, 0.2) is 59.6 Å². The quantitative estimate of drug-likeness (QED) is 0.416. The Kier molecular flexibility index (Phi) is 6.52. The summed E-state index contributed by atoms with van der Waals surface area (Å²) in [5, 5.41) is 3.73. The minimum atomic E-state index is -3.50. The Balaban J connectivity index is 1.21. The van der Waals surface area contributed by atoms with Crippen molar-refractivity contribution in [2.45, 2.75) is 31.4 Å². The molecule has 0 radical (unpaired) electrons. The Morgan fingerprint density at radius 3 is 2.74 bits per heavy atom. The summed E-state index contributed by atoms with van der Waals surface area (Å²) in [6, 6.07) is 14.6. The highest BCUT2D eigenvalue weighted by Gasteiger charge is 2.24. The molecule has 4 aromatic rings. The lowest BCUT2D eigenvalue weighted by Gasteiger charge is -2.30. The molecule has 0 aliphatic carbocycles. The van der Waals surface area contributed by atoms with Gasteiger partial charge in [0.2, 0.25) is 0 Å². The van der Waals surface area contributed by atoms with Gasteiger partial charge in [-0.15, -0.1) is 0 Å². The normalized spacial score (nSPS) is 18.2. The van der Waals surface area contributed by atoms with Crippen LogP contribution >= 0.6 is 0 Å². The van der Waals surface area contributed by atoms with Crippen LogP contribution in [0.25, 0.3) is 22.3 Å². The van der Waals surface area contributed by atoms with Gasteiger partial charge in [-0.05, 0) is 59.9 Å². The molecule has 0 saturated carbocycles. The Bertz CT molecular complexity index is 1710. The Morgan fingerprint density at radius 1 is 1.08 bits per heavy atom. The van der Waals surface area contributed by atoms with Crippen molar-refractivity contribution in [1.29, 1.82) is 0 Å². The summed E-state index contributed by atoms with van der Waals surface area (Å²) in [5.41, 5.74) is 5.08. The fraction of sp³-hybridized carbons (Fsp3) is 0.310. The van der Waals surface area contributed by atoms with Crippen LogP contribution in [0, 0.1) is 5.92 Å². The number of fused-ring (bicyclic) bond motifs is 3.